The molecule has 1 aliphatic heterocycles. The number of hydrogen-bond acceptors (Lipinski definition) is 8. The lowest BCUT2D eigenvalue weighted by molar-refractivity contribution is -0.160. The van der Waals surface area contributed by atoms with Crippen LogP contribution in [0.2, 0.25) is 0 Å². The molecule has 0 saturated carbocycles. The summed E-state index contributed by atoms with van der Waals surface area (Å²) in [7, 11) is 1.41. The molecule has 0 bridgehead atoms. The highest BCUT2D eigenvalue weighted by Crippen LogP contribution is 2.31. The number of carbonyl (C=O) groups is 3. The number of aryl methyl sites for hydroxylation is 1. The first-order valence-corrected chi connectivity index (χ1v) is 16.0. The van der Waals surface area contributed by atoms with Gasteiger partial charge < -0.3 is 23.7 Å². The molecule has 0 spiro atoms. The molecule has 3 aromatic rings. The minimum Gasteiger partial charge on any atom is -0.459 e. The molecule has 0 radical (unpaired) electrons. The molecule has 8 heteroatoms. The first kappa shape index (κ1) is 32.2. The van der Waals surface area contributed by atoms with Crippen LogP contribution in [-0.4, -0.2) is 56.2 Å². The fourth-order valence-electron chi connectivity index (χ4n) is 5.94. The molecular weight excluding hydrogens is 596 g/mol. The van der Waals surface area contributed by atoms with Gasteiger partial charge in [-0.15, -0.1) is 0 Å². The molecule has 0 amide bonds. The molecule has 8 nitrogen and oxygen atoms in total. The van der Waals surface area contributed by atoms with Crippen molar-refractivity contribution in [3.8, 4) is 0 Å². The van der Waals surface area contributed by atoms with Gasteiger partial charge in [0.1, 0.15) is 12.7 Å². The van der Waals surface area contributed by atoms with E-state index < -0.39 is 48.4 Å². The molecule has 2 aliphatic carbocycles. The minimum absolute atomic E-state index is 0.258. The van der Waals surface area contributed by atoms with Crippen molar-refractivity contribution in [2.75, 3.05) is 13.7 Å². The summed E-state index contributed by atoms with van der Waals surface area (Å²) in [5, 5.41) is 1.90. The van der Waals surface area contributed by atoms with Crippen LogP contribution in [0.1, 0.15) is 58.0 Å². The molecule has 1 heterocycles. The Morgan fingerprint density at radius 3 is 2.49 bits per heavy atom. The van der Waals surface area contributed by atoms with Crippen molar-refractivity contribution in [3.05, 3.63) is 125 Å². The number of ether oxygens (including phenoxy) is 5. The number of methoxy groups -OCH3 is 1. The van der Waals surface area contributed by atoms with Crippen LogP contribution in [-0.2, 0) is 34.9 Å². The van der Waals surface area contributed by atoms with Crippen LogP contribution in [0, 0.1) is 5.92 Å². The van der Waals surface area contributed by atoms with Gasteiger partial charge in [0.15, 0.2) is 18.5 Å². The van der Waals surface area contributed by atoms with E-state index in [9.17, 15) is 14.4 Å². The molecule has 5 atom stereocenters. The molecule has 1 fully saturated rings. The highest BCUT2D eigenvalue weighted by molar-refractivity contribution is 5.95. The van der Waals surface area contributed by atoms with Crippen LogP contribution in [0.15, 0.2) is 103 Å². The van der Waals surface area contributed by atoms with Crippen LogP contribution in [0.4, 0.5) is 0 Å². The van der Waals surface area contributed by atoms with Crippen molar-refractivity contribution >= 4 is 34.8 Å². The third kappa shape index (κ3) is 7.62. The second kappa shape index (κ2) is 14.8. The molecule has 6 rings (SSSR count). The fourth-order valence-corrected chi connectivity index (χ4v) is 5.94. The number of hydrogen-bond donors (Lipinski definition) is 0. The van der Waals surface area contributed by atoms with Crippen molar-refractivity contribution in [3.63, 3.8) is 0 Å². The predicted octanol–water partition coefficient (Wildman–Crippen LogP) is 6.93. The van der Waals surface area contributed by atoms with E-state index >= 15 is 0 Å². The number of benzene rings is 3. The molecule has 242 valence electrons. The average Bonchev–Trinajstić information content (AvgIpc) is 3.44. The van der Waals surface area contributed by atoms with E-state index in [4.69, 9.17) is 23.7 Å². The van der Waals surface area contributed by atoms with Gasteiger partial charge in [-0.3, -0.25) is 4.79 Å². The molecular formula is C39H38O8. The molecule has 3 aliphatic rings. The maximum absolute atomic E-state index is 13.5. The van der Waals surface area contributed by atoms with Crippen LogP contribution in [0.3, 0.4) is 0 Å². The quantitative estimate of drug-likeness (QED) is 0.175. The standard InChI is InChI=1S/C39H38O8/c1-25(16-17-26-10-4-3-5-11-26)36(40)46-34-33(24-44-37(41)31-20-18-27-12-6-8-14-29(27)22-31)45-39(43-2)35(34)47-38(42)32-21-19-28-13-7-9-15-30(28)23-32/h3-4,6-8,10,12-14,16-23,25,33-35,39H,5,9,11,15,24H2,1-2H3/b17-16-/t25-,33?,34-,35+,39?/m0/s1. The Bertz CT molecular complexity index is 1770. The smallest absolute Gasteiger partial charge is 0.338 e. The lowest BCUT2D eigenvalue weighted by atomic mass is 9.95. The van der Waals surface area contributed by atoms with Crippen molar-refractivity contribution in [1.82, 2.24) is 0 Å². The van der Waals surface area contributed by atoms with Crippen LogP contribution >= 0.6 is 0 Å². The van der Waals surface area contributed by atoms with E-state index in [1.807, 2.05) is 66.8 Å². The molecule has 1 saturated heterocycles. The lowest BCUT2D eigenvalue weighted by Crippen LogP contribution is -2.43. The zero-order valence-electron chi connectivity index (χ0n) is 26.5. The van der Waals surface area contributed by atoms with Gasteiger partial charge in [-0.05, 0) is 84.3 Å². The van der Waals surface area contributed by atoms with Crippen molar-refractivity contribution in [2.45, 2.75) is 57.2 Å². The van der Waals surface area contributed by atoms with Gasteiger partial charge in [-0.25, -0.2) is 9.59 Å². The normalized spacial score (nSPS) is 22.5. The fraction of sp³-hybridized carbons (Fsp3) is 0.308. The maximum atomic E-state index is 13.5. The summed E-state index contributed by atoms with van der Waals surface area (Å²) in [6, 6.07) is 18.4. The monoisotopic (exact) mass is 634 g/mol. The predicted molar refractivity (Wildman–Crippen MR) is 178 cm³/mol. The zero-order valence-corrected chi connectivity index (χ0v) is 26.5. The van der Waals surface area contributed by atoms with Gasteiger partial charge >= 0.3 is 17.9 Å². The van der Waals surface area contributed by atoms with Gasteiger partial charge in [0.05, 0.1) is 17.0 Å². The molecule has 0 aromatic heterocycles. The first-order valence-electron chi connectivity index (χ1n) is 16.0. The number of rotatable bonds is 10. The van der Waals surface area contributed by atoms with Crippen LogP contribution < -0.4 is 0 Å². The van der Waals surface area contributed by atoms with Crippen molar-refractivity contribution < 1.29 is 38.1 Å². The summed E-state index contributed by atoms with van der Waals surface area (Å²) in [5.41, 5.74) is 3.97. The summed E-state index contributed by atoms with van der Waals surface area (Å²) in [5.74, 6) is -2.30. The summed E-state index contributed by atoms with van der Waals surface area (Å²) in [4.78, 5) is 40.0. The number of carbonyl (C=O) groups excluding carboxylic acids is 3. The Labute approximate surface area is 274 Å². The average molecular weight is 635 g/mol. The van der Waals surface area contributed by atoms with E-state index in [0.29, 0.717) is 11.1 Å². The summed E-state index contributed by atoms with van der Waals surface area (Å²) in [6.07, 6.45) is 13.3. The Hall–Kier alpha value is -4.79. The zero-order chi connectivity index (χ0) is 32.8. The SMILES string of the molecule is COC1OC(COC(=O)c2ccc3ccccc3c2)[C@H](OC(=O)[C@@H](C)/C=C\C2=CC=CCC2)[C@H]1OC(=O)c1ccc2c(c1)CCC=C2. The number of esters is 3. The summed E-state index contributed by atoms with van der Waals surface area (Å²) < 4.78 is 29.2. The highest BCUT2D eigenvalue weighted by Gasteiger charge is 2.51. The Morgan fingerprint density at radius 2 is 1.68 bits per heavy atom. The second-order valence-electron chi connectivity index (χ2n) is 11.9. The third-order valence-corrected chi connectivity index (χ3v) is 8.63. The third-order valence-electron chi connectivity index (χ3n) is 8.63. The first-order chi connectivity index (χ1) is 22.9. The lowest BCUT2D eigenvalue weighted by Gasteiger charge is -2.25. The highest BCUT2D eigenvalue weighted by atomic mass is 16.7. The van der Waals surface area contributed by atoms with E-state index in [1.165, 1.54) is 7.11 Å². The van der Waals surface area contributed by atoms with E-state index in [1.54, 1.807) is 31.2 Å². The van der Waals surface area contributed by atoms with Gasteiger partial charge in [0.25, 0.3) is 0 Å². The Morgan fingerprint density at radius 1 is 0.894 bits per heavy atom. The van der Waals surface area contributed by atoms with E-state index in [-0.39, 0.29) is 6.61 Å². The van der Waals surface area contributed by atoms with Crippen LogP contribution in [0.25, 0.3) is 16.8 Å². The second-order valence-corrected chi connectivity index (χ2v) is 11.9. The van der Waals surface area contributed by atoms with Crippen molar-refractivity contribution in [2.24, 2.45) is 5.92 Å². The summed E-state index contributed by atoms with van der Waals surface area (Å²) in [6.45, 7) is 1.48. The number of allylic oxidation sites excluding steroid dienone is 6. The van der Waals surface area contributed by atoms with Crippen LogP contribution in [0.5, 0.6) is 0 Å². The van der Waals surface area contributed by atoms with Gasteiger partial charge in [-0.2, -0.15) is 0 Å². The van der Waals surface area contributed by atoms with Gasteiger partial charge in [0, 0.05) is 7.11 Å². The van der Waals surface area contributed by atoms with Gasteiger partial charge in [-0.1, -0.05) is 78.9 Å². The van der Waals surface area contributed by atoms with Crippen molar-refractivity contribution in [1.29, 1.82) is 0 Å². The molecule has 0 N–H and O–H groups in total. The van der Waals surface area contributed by atoms with E-state index in [2.05, 4.69) is 12.2 Å². The summed E-state index contributed by atoms with van der Waals surface area (Å²) >= 11 is 0. The van der Waals surface area contributed by atoms with Gasteiger partial charge in [0.2, 0.25) is 0 Å². The molecule has 47 heavy (non-hydrogen) atoms. The Balaban J connectivity index is 1.20. The number of fused-ring (bicyclic) bond motifs is 2. The molecule has 2 unspecified atom stereocenters. The molecule has 3 aromatic carbocycles. The maximum Gasteiger partial charge on any atom is 0.338 e. The topological polar surface area (TPSA) is 97.4 Å². The Kier molecular flexibility index (Phi) is 10.1. The minimum atomic E-state index is -1.11. The van der Waals surface area contributed by atoms with E-state index in [0.717, 1.165) is 53.2 Å². The largest absolute Gasteiger partial charge is 0.459 e.